The standard InChI is InChI=1S/C3H4BNO3/c4-1-3(6)2-5(7)8/h1-2H2. The SMILES string of the molecule is [B]CC(=O)C[N+](=O)[O-]. The first-order valence-electron chi connectivity index (χ1n) is 2.00. The molecule has 0 aromatic heterocycles. The van der Waals surface area contributed by atoms with E-state index in [-0.39, 0.29) is 6.32 Å². The van der Waals surface area contributed by atoms with Crippen LogP contribution in [0.4, 0.5) is 0 Å². The maximum atomic E-state index is 10.1. The highest BCUT2D eigenvalue weighted by Crippen LogP contribution is 1.77. The van der Waals surface area contributed by atoms with Crippen molar-refractivity contribution in [1.82, 2.24) is 0 Å². The van der Waals surface area contributed by atoms with E-state index in [9.17, 15) is 14.9 Å². The Kier molecular flexibility index (Phi) is 2.83. The first kappa shape index (κ1) is 7.13. The van der Waals surface area contributed by atoms with Crippen LogP contribution in [0.3, 0.4) is 0 Å². The number of hydrogen-bond acceptors (Lipinski definition) is 3. The molecule has 0 saturated heterocycles. The minimum Gasteiger partial charge on any atom is -0.293 e. The summed E-state index contributed by atoms with van der Waals surface area (Å²) in [7, 11) is 4.77. The van der Waals surface area contributed by atoms with Gasteiger partial charge in [-0.25, -0.2) is 0 Å². The highest BCUT2D eigenvalue weighted by molar-refractivity contribution is 6.20. The Hall–Kier alpha value is -0.865. The lowest BCUT2D eigenvalue weighted by atomic mass is 10.0. The zero-order valence-electron chi connectivity index (χ0n) is 4.16. The van der Waals surface area contributed by atoms with Crippen LogP contribution in [0.1, 0.15) is 0 Å². The lowest BCUT2D eigenvalue weighted by Crippen LogP contribution is -2.12. The molecule has 0 unspecified atom stereocenters. The average molecular weight is 113 g/mol. The van der Waals surface area contributed by atoms with Crippen LogP contribution < -0.4 is 0 Å². The quantitative estimate of drug-likeness (QED) is 0.279. The normalized spacial score (nSPS) is 8.50. The fourth-order valence-electron chi connectivity index (χ4n) is 0.209. The second-order valence-corrected chi connectivity index (χ2v) is 1.23. The van der Waals surface area contributed by atoms with Crippen molar-refractivity contribution in [2.45, 2.75) is 6.32 Å². The third kappa shape index (κ3) is 3.33. The van der Waals surface area contributed by atoms with Crippen molar-refractivity contribution in [1.29, 1.82) is 0 Å². The third-order valence-electron chi connectivity index (χ3n) is 0.533. The van der Waals surface area contributed by atoms with Gasteiger partial charge in [-0.1, -0.05) is 0 Å². The number of Topliss-reactive ketones (excluding diaryl/α,β-unsaturated/α-hetero) is 1. The maximum Gasteiger partial charge on any atom is 0.260 e. The van der Waals surface area contributed by atoms with Gasteiger partial charge in [0.25, 0.3) is 6.54 Å². The Morgan fingerprint density at radius 1 is 1.75 bits per heavy atom. The van der Waals surface area contributed by atoms with Gasteiger partial charge in [-0.3, -0.25) is 14.9 Å². The Morgan fingerprint density at radius 2 is 2.25 bits per heavy atom. The van der Waals surface area contributed by atoms with Gasteiger partial charge >= 0.3 is 0 Å². The molecule has 0 aliphatic carbocycles. The van der Waals surface area contributed by atoms with E-state index in [1.807, 2.05) is 0 Å². The zero-order chi connectivity index (χ0) is 6.57. The van der Waals surface area contributed by atoms with Crippen molar-refractivity contribution >= 4 is 13.6 Å². The zero-order valence-corrected chi connectivity index (χ0v) is 4.16. The molecule has 2 radical (unpaired) electrons. The number of hydrogen-bond donors (Lipinski definition) is 0. The molecular formula is C3H4BNO3. The molecule has 5 heteroatoms. The average Bonchev–Trinajstić information content (AvgIpc) is 1.65. The second kappa shape index (κ2) is 3.18. The van der Waals surface area contributed by atoms with Crippen LogP contribution in [0.25, 0.3) is 0 Å². The molecule has 0 rings (SSSR count). The van der Waals surface area contributed by atoms with Gasteiger partial charge in [-0.2, -0.15) is 0 Å². The molecule has 0 saturated carbocycles. The monoisotopic (exact) mass is 113 g/mol. The van der Waals surface area contributed by atoms with Crippen LogP contribution in [0.5, 0.6) is 0 Å². The van der Waals surface area contributed by atoms with Crippen LogP contribution in [0, 0.1) is 10.1 Å². The third-order valence-corrected chi connectivity index (χ3v) is 0.533. The molecule has 0 spiro atoms. The highest BCUT2D eigenvalue weighted by Gasteiger charge is 2.03. The van der Waals surface area contributed by atoms with Crippen LogP contribution >= 0.6 is 0 Å². The number of rotatable bonds is 3. The largest absolute Gasteiger partial charge is 0.293 e. The highest BCUT2D eigenvalue weighted by atomic mass is 16.6. The van der Waals surface area contributed by atoms with Crippen molar-refractivity contribution in [3.63, 3.8) is 0 Å². The lowest BCUT2D eigenvalue weighted by molar-refractivity contribution is -0.467. The number of nitrogens with zero attached hydrogens (tertiary/aromatic N) is 1. The van der Waals surface area contributed by atoms with Crippen molar-refractivity contribution in [2.75, 3.05) is 6.54 Å². The Morgan fingerprint density at radius 3 is 2.38 bits per heavy atom. The summed E-state index contributed by atoms with van der Waals surface area (Å²) in [6.07, 6.45) is -0.249. The summed E-state index contributed by atoms with van der Waals surface area (Å²) in [5.41, 5.74) is 0. The fourth-order valence-corrected chi connectivity index (χ4v) is 0.209. The fraction of sp³-hybridized carbons (Fsp3) is 0.667. The minimum absolute atomic E-state index is 0.249. The second-order valence-electron chi connectivity index (χ2n) is 1.23. The summed E-state index contributed by atoms with van der Waals surface area (Å²) >= 11 is 0. The molecular weight excluding hydrogens is 109 g/mol. The summed E-state index contributed by atoms with van der Waals surface area (Å²) in [5.74, 6) is -0.546. The molecule has 8 heavy (non-hydrogen) atoms. The molecule has 0 N–H and O–H groups in total. The van der Waals surface area contributed by atoms with Crippen LogP contribution in [0.15, 0.2) is 0 Å². The van der Waals surface area contributed by atoms with E-state index in [0.717, 1.165) is 0 Å². The van der Waals surface area contributed by atoms with E-state index in [0.29, 0.717) is 0 Å². The predicted molar refractivity (Wildman–Crippen MR) is 27.4 cm³/mol. The molecule has 0 fully saturated rings. The van der Waals surface area contributed by atoms with E-state index in [1.165, 1.54) is 0 Å². The lowest BCUT2D eigenvalue weighted by Gasteiger charge is -1.85. The van der Waals surface area contributed by atoms with Gasteiger partial charge in [-0.15, -0.1) is 0 Å². The summed E-state index contributed by atoms with van der Waals surface area (Å²) in [5, 5.41) is 9.50. The smallest absolute Gasteiger partial charge is 0.260 e. The van der Waals surface area contributed by atoms with Crippen molar-refractivity contribution in [2.24, 2.45) is 0 Å². The molecule has 0 aliphatic heterocycles. The van der Waals surface area contributed by atoms with E-state index < -0.39 is 17.3 Å². The van der Waals surface area contributed by atoms with Gasteiger partial charge in [0.05, 0.1) is 7.85 Å². The Balaban J connectivity index is 3.40. The van der Waals surface area contributed by atoms with Gasteiger partial charge < -0.3 is 0 Å². The first-order chi connectivity index (χ1) is 3.66. The number of carbonyl (C=O) groups is 1. The maximum absolute atomic E-state index is 10.1. The van der Waals surface area contributed by atoms with Crippen molar-refractivity contribution in [3.05, 3.63) is 10.1 Å². The van der Waals surface area contributed by atoms with Gasteiger partial charge in [-0.05, 0) is 6.32 Å². The van der Waals surface area contributed by atoms with Crippen LogP contribution in [-0.2, 0) is 4.79 Å². The minimum atomic E-state index is -0.699. The van der Waals surface area contributed by atoms with E-state index in [2.05, 4.69) is 0 Å². The topological polar surface area (TPSA) is 60.2 Å². The van der Waals surface area contributed by atoms with E-state index >= 15 is 0 Å². The number of nitro groups is 1. The molecule has 4 nitrogen and oxygen atoms in total. The summed E-state index contributed by atoms with van der Waals surface area (Å²) < 4.78 is 0. The number of ketones is 1. The Bertz CT molecular complexity index is 113. The number of carbonyl (C=O) groups excluding carboxylic acids is 1. The van der Waals surface area contributed by atoms with E-state index in [1.54, 1.807) is 0 Å². The molecule has 0 aromatic rings. The van der Waals surface area contributed by atoms with Gasteiger partial charge in [0.15, 0.2) is 5.78 Å². The molecule has 0 amide bonds. The van der Waals surface area contributed by atoms with Gasteiger partial charge in [0, 0.05) is 4.92 Å². The van der Waals surface area contributed by atoms with Crippen molar-refractivity contribution in [3.8, 4) is 0 Å². The molecule has 0 aromatic carbocycles. The van der Waals surface area contributed by atoms with Crippen molar-refractivity contribution < 1.29 is 9.72 Å². The van der Waals surface area contributed by atoms with E-state index in [4.69, 9.17) is 7.85 Å². The molecule has 0 heterocycles. The van der Waals surface area contributed by atoms with Gasteiger partial charge in [0.2, 0.25) is 0 Å². The summed E-state index contributed by atoms with van der Waals surface area (Å²) in [4.78, 5) is 18.9. The van der Waals surface area contributed by atoms with Gasteiger partial charge in [0.1, 0.15) is 0 Å². The first-order valence-corrected chi connectivity index (χ1v) is 2.00. The van der Waals surface area contributed by atoms with Crippen LogP contribution in [0.2, 0.25) is 6.32 Å². The Labute approximate surface area is 47.4 Å². The molecule has 0 aliphatic rings. The molecule has 0 atom stereocenters. The predicted octanol–water partition coefficient (Wildman–Crippen LogP) is -0.581. The molecule has 42 valence electrons. The molecule has 0 bridgehead atoms. The summed E-state index contributed by atoms with van der Waals surface area (Å²) in [6, 6.07) is 0. The summed E-state index contributed by atoms with van der Waals surface area (Å²) in [6.45, 7) is -0.656. The van der Waals surface area contributed by atoms with Crippen LogP contribution in [-0.4, -0.2) is 25.1 Å².